The molecular formula is C12H17NO5S. The number of benzene rings is 1. The number of rotatable bonds is 6. The van der Waals surface area contributed by atoms with Crippen molar-refractivity contribution >= 4 is 16.3 Å². The van der Waals surface area contributed by atoms with Gasteiger partial charge < -0.3 is 8.92 Å². The van der Waals surface area contributed by atoms with Gasteiger partial charge >= 0.3 is 16.3 Å². The van der Waals surface area contributed by atoms with Gasteiger partial charge in [-0.25, -0.2) is 0 Å². The van der Waals surface area contributed by atoms with Crippen molar-refractivity contribution < 1.29 is 22.1 Å². The second-order valence-electron chi connectivity index (χ2n) is 4.00. The molecular weight excluding hydrogens is 270 g/mol. The molecule has 6 nitrogen and oxygen atoms in total. The lowest BCUT2D eigenvalue weighted by molar-refractivity contribution is -0.140. The van der Waals surface area contributed by atoms with Crippen molar-refractivity contribution in [2.75, 3.05) is 20.7 Å². The van der Waals surface area contributed by atoms with Crippen LogP contribution in [-0.4, -0.2) is 39.4 Å². The summed E-state index contributed by atoms with van der Waals surface area (Å²) in [4.78, 5) is 11.0. The Morgan fingerprint density at radius 2 is 1.84 bits per heavy atom. The average Bonchev–Trinajstić information content (AvgIpc) is 2.37. The van der Waals surface area contributed by atoms with Crippen LogP contribution in [0.15, 0.2) is 24.3 Å². The Morgan fingerprint density at radius 3 is 2.37 bits per heavy atom. The Hall–Kier alpha value is -1.60. The highest BCUT2D eigenvalue weighted by Gasteiger charge is 2.20. The molecule has 0 radical (unpaired) electrons. The molecule has 0 fully saturated rings. The van der Waals surface area contributed by atoms with Crippen molar-refractivity contribution in [1.82, 2.24) is 4.31 Å². The van der Waals surface area contributed by atoms with Gasteiger partial charge in [-0.3, -0.25) is 4.79 Å². The fraction of sp³-hybridized carbons (Fsp3) is 0.417. The number of carbonyl (C=O) groups excluding carboxylic acids is 1. The maximum atomic E-state index is 11.8. The summed E-state index contributed by atoms with van der Waals surface area (Å²) in [7, 11) is -1.32. The summed E-state index contributed by atoms with van der Waals surface area (Å²) in [6, 6.07) is 6.64. The predicted molar refractivity (Wildman–Crippen MR) is 70.0 cm³/mol. The van der Waals surface area contributed by atoms with E-state index in [9.17, 15) is 13.2 Å². The zero-order valence-electron chi connectivity index (χ0n) is 11.1. The highest BCUT2D eigenvalue weighted by atomic mass is 32.2. The van der Waals surface area contributed by atoms with E-state index in [2.05, 4.69) is 4.74 Å². The van der Waals surface area contributed by atoms with Crippen LogP contribution in [0, 0.1) is 6.92 Å². The zero-order valence-corrected chi connectivity index (χ0v) is 11.9. The molecule has 0 spiro atoms. The lowest BCUT2D eigenvalue weighted by atomic mass is 10.2. The summed E-state index contributed by atoms with van der Waals surface area (Å²) in [5.41, 5.74) is 1.00. The third-order valence-electron chi connectivity index (χ3n) is 2.46. The highest BCUT2D eigenvalue weighted by molar-refractivity contribution is 7.84. The Bertz CT molecular complexity index is 524. The summed E-state index contributed by atoms with van der Waals surface area (Å²) >= 11 is 0. The Morgan fingerprint density at radius 1 is 1.26 bits per heavy atom. The molecule has 0 heterocycles. The molecule has 0 aliphatic heterocycles. The third kappa shape index (κ3) is 4.88. The first kappa shape index (κ1) is 15.5. The molecule has 0 N–H and O–H groups in total. The number of esters is 1. The van der Waals surface area contributed by atoms with Gasteiger partial charge in [0, 0.05) is 13.6 Å². The van der Waals surface area contributed by atoms with Crippen molar-refractivity contribution in [2.45, 2.75) is 13.3 Å². The number of carbonyl (C=O) groups is 1. The van der Waals surface area contributed by atoms with Gasteiger partial charge in [0.15, 0.2) is 0 Å². The van der Waals surface area contributed by atoms with Gasteiger partial charge in [-0.15, -0.1) is 0 Å². The fourth-order valence-corrected chi connectivity index (χ4v) is 2.04. The summed E-state index contributed by atoms with van der Waals surface area (Å²) < 4.78 is 34.0. The number of hydrogen-bond donors (Lipinski definition) is 0. The molecule has 0 bridgehead atoms. The van der Waals surface area contributed by atoms with E-state index in [1.807, 2.05) is 6.92 Å². The largest absolute Gasteiger partial charge is 0.469 e. The van der Waals surface area contributed by atoms with Gasteiger partial charge in [0.1, 0.15) is 5.75 Å². The minimum Gasteiger partial charge on any atom is -0.469 e. The van der Waals surface area contributed by atoms with Gasteiger partial charge in [0.05, 0.1) is 13.5 Å². The van der Waals surface area contributed by atoms with E-state index >= 15 is 0 Å². The van der Waals surface area contributed by atoms with Crippen LogP contribution >= 0.6 is 0 Å². The van der Waals surface area contributed by atoms with Crippen molar-refractivity contribution in [3.63, 3.8) is 0 Å². The van der Waals surface area contributed by atoms with Crippen molar-refractivity contribution in [1.29, 1.82) is 0 Å². The first-order valence-electron chi connectivity index (χ1n) is 5.64. The van der Waals surface area contributed by atoms with Gasteiger partial charge in [0.25, 0.3) is 0 Å². The molecule has 0 saturated heterocycles. The zero-order chi connectivity index (χ0) is 14.5. The number of ether oxygens (including phenoxy) is 1. The molecule has 0 aliphatic rings. The molecule has 0 aromatic heterocycles. The molecule has 7 heteroatoms. The number of aryl methyl sites for hydroxylation is 1. The second kappa shape index (κ2) is 6.53. The molecule has 106 valence electrons. The Labute approximate surface area is 113 Å². The molecule has 0 atom stereocenters. The Balaban J connectivity index is 2.64. The third-order valence-corrected chi connectivity index (χ3v) is 3.81. The van der Waals surface area contributed by atoms with Crippen LogP contribution in [-0.2, 0) is 19.8 Å². The molecule has 0 aliphatic carbocycles. The van der Waals surface area contributed by atoms with E-state index in [0.717, 1.165) is 9.87 Å². The quantitative estimate of drug-likeness (QED) is 0.733. The normalized spacial score (nSPS) is 11.4. The molecule has 1 aromatic carbocycles. The maximum absolute atomic E-state index is 11.8. The monoisotopic (exact) mass is 287 g/mol. The summed E-state index contributed by atoms with van der Waals surface area (Å²) in [5.74, 6) is -0.243. The maximum Gasteiger partial charge on any atom is 0.384 e. The first-order valence-corrected chi connectivity index (χ1v) is 7.01. The molecule has 0 saturated carbocycles. The second-order valence-corrected chi connectivity index (χ2v) is 5.65. The van der Waals surface area contributed by atoms with Crippen LogP contribution in [0.2, 0.25) is 0 Å². The van der Waals surface area contributed by atoms with Gasteiger partial charge in [-0.2, -0.15) is 12.7 Å². The highest BCUT2D eigenvalue weighted by Crippen LogP contribution is 2.15. The van der Waals surface area contributed by atoms with Crippen LogP contribution in [0.3, 0.4) is 0 Å². The van der Waals surface area contributed by atoms with Gasteiger partial charge in [0.2, 0.25) is 0 Å². The van der Waals surface area contributed by atoms with Crippen LogP contribution in [0.25, 0.3) is 0 Å². The summed E-state index contributed by atoms with van der Waals surface area (Å²) in [6.07, 6.45) is -0.0243. The van der Waals surface area contributed by atoms with Crippen molar-refractivity contribution in [3.8, 4) is 5.75 Å². The molecule has 1 rings (SSSR count). The SMILES string of the molecule is COC(=O)CCN(C)S(=O)(=O)Oc1ccc(C)cc1. The minimum absolute atomic E-state index is 0.000861. The van der Waals surface area contributed by atoms with Crippen LogP contribution < -0.4 is 4.18 Å². The molecule has 0 amide bonds. The fourth-order valence-electron chi connectivity index (χ4n) is 1.24. The standard InChI is InChI=1S/C12H17NO5S/c1-10-4-6-11(7-5-10)18-19(15,16)13(2)9-8-12(14)17-3/h4-7H,8-9H2,1-3H3. The van der Waals surface area contributed by atoms with Crippen LogP contribution in [0.4, 0.5) is 0 Å². The summed E-state index contributed by atoms with van der Waals surface area (Å²) in [6.45, 7) is 1.89. The predicted octanol–water partition coefficient (Wildman–Crippen LogP) is 1.11. The molecule has 0 unspecified atom stereocenters. The summed E-state index contributed by atoms with van der Waals surface area (Å²) in [5, 5.41) is 0. The van der Waals surface area contributed by atoms with Gasteiger partial charge in [-0.1, -0.05) is 17.7 Å². The van der Waals surface area contributed by atoms with Crippen molar-refractivity contribution in [2.24, 2.45) is 0 Å². The van der Waals surface area contributed by atoms with E-state index < -0.39 is 16.3 Å². The lowest BCUT2D eigenvalue weighted by Crippen LogP contribution is -2.32. The number of hydrogen-bond acceptors (Lipinski definition) is 5. The van der Waals surface area contributed by atoms with Crippen LogP contribution in [0.5, 0.6) is 5.75 Å². The van der Waals surface area contributed by atoms with Gasteiger partial charge in [-0.05, 0) is 19.1 Å². The Kier molecular flexibility index (Phi) is 5.31. The van der Waals surface area contributed by atoms with E-state index in [4.69, 9.17) is 4.18 Å². The number of nitrogens with zero attached hydrogens (tertiary/aromatic N) is 1. The van der Waals surface area contributed by atoms with Crippen molar-refractivity contribution in [3.05, 3.63) is 29.8 Å². The number of methoxy groups -OCH3 is 1. The van der Waals surface area contributed by atoms with E-state index in [1.165, 1.54) is 14.2 Å². The minimum atomic E-state index is -3.90. The lowest BCUT2D eigenvalue weighted by Gasteiger charge is -2.16. The average molecular weight is 287 g/mol. The molecule has 1 aromatic rings. The topological polar surface area (TPSA) is 72.9 Å². The molecule has 19 heavy (non-hydrogen) atoms. The van der Waals surface area contributed by atoms with E-state index in [0.29, 0.717) is 0 Å². The van der Waals surface area contributed by atoms with E-state index in [1.54, 1.807) is 24.3 Å². The van der Waals surface area contributed by atoms with Crippen LogP contribution in [0.1, 0.15) is 12.0 Å². The smallest absolute Gasteiger partial charge is 0.384 e. The van der Waals surface area contributed by atoms with E-state index in [-0.39, 0.29) is 18.7 Å². The first-order chi connectivity index (χ1) is 8.85.